The molecule has 4 atom stereocenters. The highest BCUT2D eigenvalue weighted by atomic mass is 32.5. The van der Waals surface area contributed by atoms with Gasteiger partial charge in [0.15, 0.2) is 0 Å². The molecule has 1 aliphatic rings. The van der Waals surface area contributed by atoms with E-state index < -0.39 is 30.9 Å². The SMILES string of the molecule is CC(=O)OC1CCC(COP(=S)(NC(C)C(=O)OC(C)C)Oc2ccccc2)O1. The molecular weight excluding hydrogens is 417 g/mol. The topological polar surface area (TPSA) is 92.3 Å². The molecule has 0 bridgehead atoms. The van der Waals surface area contributed by atoms with Crippen molar-refractivity contribution in [2.24, 2.45) is 0 Å². The summed E-state index contributed by atoms with van der Waals surface area (Å²) in [5.74, 6) is -0.312. The number of hydrogen-bond acceptors (Lipinski definition) is 8. The number of hydrogen-bond donors (Lipinski definition) is 1. The van der Waals surface area contributed by atoms with Crippen molar-refractivity contribution in [3.63, 3.8) is 0 Å². The molecule has 0 spiro atoms. The van der Waals surface area contributed by atoms with Crippen molar-refractivity contribution in [2.45, 2.75) is 65.1 Å². The molecular formula is C19H28NO7PS. The maximum atomic E-state index is 12.2. The third kappa shape index (κ3) is 8.40. The summed E-state index contributed by atoms with van der Waals surface area (Å²) in [6.45, 7) is 3.57. The molecule has 8 nitrogen and oxygen atoms in total. The van der Waals surface area contributed by atoms with Crippen molar-refractivity contribution in [3.8, 4) is 5.75 Å². The Kier molecular flexibility index (Phi) is 9.04. The van der Waals surface area contributed by atoms with Crippen LogP contribution in [0.5, 0.6) is 5.75 Å². The molecule has 1 aromatic rings. The van der Waals surface area contributed by atoms with E-state index in [9.17, 15) is 9.59 Å². The summed E-state index contributed by atoms with van der Waals surface area (Å²) in [5.41, 5.74) is 0. The number of carbonyl (C=O) groups is 2. The van der Waals surface area contributed by atoms with E-state index >= 15 is 0 Å². The van der Waals surface area contributed by atoms with Crippen LogP contribution in [0, 0.1) is 0 Å². The average Bonchev–Trinajstić information content (AvgIpc) is 3.07. The highest BCUT2D eigenvalue weighted by Crippen LogP contribution is 2.46. The highest BCUT2D eigenvalue weighted by Gasteiger charge is 2.32. The normalized spacial score (nSPS) is 22.0. The molecule has 0 aliphatic carbocycles. The number of para-hydroxylation sites is 1. The quantitative estimate of drug-likeness (QED) is 0.430. The number of esters is 2. The molecule has 0 radical (unpaired) electrons. The lowest BCUT2D eigenvalue weighted by molar-refractivity contribution is -0.174. The molecule has 1 aromatic carbocycles. The van der Waals surface area contributed by atoms with Gasteiger partial charge in [-0.05, 0) is 51.1 Å². The summed E-state index contributed by atoms with van der Waals surface area (Å²) >= 11 is 5.63. The molecule has 162 valence electrons. The second kappa shape index (κ2) is 11.0. The van der Waals surface area contributed by atoms with Crippen LogP contribution in [0.4, 0.5) is 0 Å². The zero-order valence-corrected chi connectivity index (χ0v) is 18.7. The van der Waals surface area contributed by atoms with Crippen LogP contribution < -0.4 is 9.61 Å². The summed E-state index contributed by atoms with van der Waals surface area (Å²) in [6.07, 6.45) is 0.123. The molecule has 1 N–H and O–H groups in total. The van der Waals surface area contributed by atoms with Gasteiger partial charge in [0.25, 0.3) is 0 Å². The van der Waals surface area contributed by atoms with E-state index in [0.717, 1.165) is 0 Å². The largest absolute Gasteiger partial charge is 0.462 e. The first-order valence-electron chi connectivity index (χ1n) is 9.47. The first-order chi connectivity index (χ1) is 13.7. The molecule has 0 saturated carbocycles. The van der Waals surface area contributed by atoms with Crippen molar-refractivity contribution in [2.75, 3.05) is 6.61 Å². The van der Waals surface area contributed by atoms with E-state index in [0.29, 0.717) is 18.6 Å². The second-order valence-electron chi connectivity index (χ2n) is 6.91. The molecule has 4 unspecified atom stereocenters. The van der Waals surface area contributed by atoms with Gasteiger partial charge in [-0.25, -0.2) is 5.09 Å². The number of rotatable bonds is 10. The highest BCUT2D eigenvalue weighted by molar-refractivity contribution is 8.09. The Hall–Kier alpha value is -1.51. The van der Waals surface area contributed by atoms with Crippen LogP contribution in [0.1, 0.15) is 40.5 Å². The number of benzene rings is 1. The van der Waals surface area contributed by atoms with Crippen molar-refractivity contribution < 1.29 is 32.8 Å². The maximum absolute atomic E-state index is 12.2. The van der Waals surface area contributed by atoms with Gasteiger partial charge in [-0.3, -0.25) is 9.59 Å². The monoisotopic (exact) mass is 445 g/mol. The lowest BCUT2D eigenvalue weighted by atomic mass is 10.2. The number of carbonyl (C=O) groups excluding carboxylic acids is 2. The molecule has 0 aromatic heterocycles. The molecule has 1 fully saturated rings. The van der Waals surface area contributed by atoms with Gasteiger partial charge < -0.3 is 23.3 Å². The lowest BCUT2D eigenvalue weighted by Crippen LogP contribution is -2.36. The maximum Gasteiger partial charge on any atom is 0.323 e. The predicted octanol–water partition coefficient (Wildman–Crippen LogP) is 3.30. The Morgan fingerprint density at radius 3 is 2.55 bits per heavy atom. The summed E-state index contributed by atoms with van der Waals surface area (Å²) in [5, 5.41) is 2.98. The van der Waals surface area contributed by atoms with Gasteiger partial charge in [0.1, 0.15) is 11.8 Å². The molecule has 2 rings (SSSR count). The van der Waals surface area contributed by atoms with Gasteiger partial charge in [0, 0.05) is 13.3 Å². The van der Waals surface area contributed by atoms with Crippen LogP contribution in [0.15, 0.2) is 30.3 Å². The first kappa shape index (κ1) is 23.8. The van der Waals surface area contributed by atoms with E-state index in [2.05, 4.69) is 5.09 Å². The third-order valence-corrected chi connectivity index (χ3v) is 6.32. The van der Waals surface area contributed by atoms with Crippen molar-refractivity contribution in [3.05, 3.63) is 30.3 Å². The minimum atomic E-state index is -3.10. The fraction of sp³-hybridized carbons (Fsp3) is 0.579. The summed E-state index contributed by atoms with van der Waals surface area (Å²) < 4.78 is 27.8. The number of nitrogens with one attached hydrogen (secondary N) is 1. The fourth-order valence-corrected chi connectivity index (χ4v) is 5.02. The van der Waals surface area contributed by atoms with E-state index in [-0.39, 0.29) is 18.8 Å². The standard InChI is InChI=1S/C19H28NO7PS/c1-13(2)24-19(22)14(3)20-28(29,27-16-8-6-5-7-9-16)23-12-17-10-11-18(26-17)25-15(4)21/h5-9,13-14,17-18H,10-12H2,1-4H3,(H,20,29). The van der Waals surface area contributed by atoms with E-state index in [1.54, 1.807) is 32.9 Å². The van der Waals surface area contributed by atoms with Crippen molar-refractivity contribution in [1.29, 1.82) is 0 Å². The number of ether oxygens (including phenoxy) is 3. The minimum Gasteiger partial charge on any atom is -0.462 e. The van der Waals surface area contributed by atoms with Crippen LogP contribution in [-0.4, -0.2) is 43.1 Å². The Morgan fingerprint density at radius 2 is 1.93 bits per heavy atom. The van der Waals surface area contributed by atoms with Crippen LogP contribution in [0.2, 0.25) is 0 Å². The van der Waals surface area contributed by atoms with Gasteiger partial charge in [-0.1, -0.05) is 18.2 Å². The fourth-order valence-electron chi connectivity index (χ4n) is 2.58. The van der Waals surface area contributed by atoms with Gasteiger partial charge >= 0.3 is 18.6 Å². The summed E-state index contributed by atoms with van der Waals surface area (Å²) in [7, 11) is 0. The summed E-state index contributed by atoms with van der Waals surface area (Å²) in [4.78, 5) is 23.3. The predicted molar refractivity (Wildman–Crippen MR) is 111 cm³/mol. The summed E-state index contributed by atoms with van der Waals surface area (Å²) in [6, 6.07) is 8.28. The molecule has 0 amide bonds. The molecule has 1 aliphatic heterocycles. The van der Waals surface area contributed by atoms with Crippen LogP contribution >= 0.6 is 6.64 Å². The average molecular weight is 445 g/mol. The Bertz CT molecular complexity index is 731. The van der Waals surface area contributed by atoms with Gasteiger partial charge in [0.2, 0.25) is 6.29 Å². The Balaban J connectivity index is 2.01. The minimum absolute atomic E-state index is 0.140. The molecule has 10 heteroatoms. The van der Waals surface area contributed by atoms with Gasteiger partial charge in [0.05, 0.1) is 18.8 Å². The first-order valence-corrected chi connectivity index (χ1v) is 12.1. The zero-order chi connectivity index (χ0) is 21.4. The van der Waals surface area contributed by atoms with Crippen molar-refractivity contribution in [1.82, 2.24) is 5.09 Å². The molecule has 29 heavy (non-hydrogen) atoms. The Morgan fingerprint density at radius 1 is 1.24 bits per heavy atom. The third-order valence-electron chi connectivity index (χ3n) is 3.82. The smallest absolute Gasteiger partial charge is 0.323 e. The molecule has 1 saturated heterocycles. The van der Waals surface area contributed by atoms with E-state index in [1.165, 1.54) is 6.92 Å². The molecule has 1 heterocycles. The van der Waals surface area contributed by atoms with Crippen LogP contribution in [-0.2, 0) is 40.1 Å². The second-order valence-corrected chi connectivity index (χ2v) is 10.0. The Labute approximate surface area is 176 Å². The van der Waals surface area contributed by atoms with Crippen LogP contribution in [0.3, 0.4) is 0 Å². The van der Waals surface area contributed by atoms with E-state index in [4.69, 9.17) is 35.1 Å². The van der Waals surface area contributed by atoms with Crippen molar-refractivity contribution >= 4 is 30.4 Å². The van der Waals surface area contributed by atoms with E-state index in [1.807, 2.05) is 18.2 Å². The lowest BCUT2D eigenvalue weighted by Gasteiger charge is -2.27. The van der Waals surface area contributed by atoms with Gasteiger partial charge in [-0.15, -0.1) is 0 Å². The zero-order valence-electron chi connectivity index (χ0n) is 17.0. The van der Waals surface area contributed by atoms with Gasteiger partial charge in [-0.2, -0.15) is 0 Å². The van der Waals surface area contributed by atoms with Crippen LogP contribution in [0.25, 0.3) is 0 Å².